The molecule has 1 saturated carbocycles. The first kappa shape index (κ1) is 11.0. The second kappa shape index (κ2) is 5.00. The zero-order valence-electron chi connectivity index (χ0n) is 9.17. The van der Waals surface area contributed by atoms with E-state index in [9.17, 15) is 0 Å². The van der Waals surface area contributed by atoms with Crippen molar-refractivity contribution in [2.24, 2.45) is 11.8 Å². The van der Waals surface area contributed by atoms with Crippen LogP contribution in [0, 0.1) is 11.8 Å². The van der Waals surface area contributed by atoms with Gasteiger partial charge in [0.05, 0.1) is 0 Å². The Morgan fingerprint density at radius 1 is 1.40 bits per heavy atom. The lowest BCUT2D eigenvalue weighted by molar-refractivity contribution is 0.440. The lowest BCUT2D eigenvalue weighted by Gasteiger charge is -2.16. The first-order valence-electron chi connectivity index (χ1n) is 5.69. The molecule has 2 rings (SSSR count). The topological polar surface area (TPSA) is 12.0 Å². The lowest BCUT2D eigenvalue weighted by atomic mass is 9.95. The van der Waals surface area contributed by atoms with Gasteiger partial charge in [-0.3, -0.25) is 0 Å². The molecule has 0 aliphatic heterocycles. The molecule has 1 N–H and O–H groups in total. The van der Waals surface area contributed by atoms with Crippen LogP contribution in [-0.4, -0.2) is 13.6 Å². The molecular weight excluding hydrogens is 206 g/mol. The van der Waals surface area contributed by atoms with Crippen LogP contribution in [0.5, 0.6) is 0 Å². The van der Waals surface area contributed by atoms with Crippen LogP contribution in [-0.2, 0) is 6.42 Å². The van der Waals surface area contributed by atoms with Gasteiger partial charge in [0.1, 0.15) is 0 Å². The molecule has 15 heavy (non-hydrogen) atoms. The van der Waals surface area contributed by atoms with Crippen molar-refractivity contribution >= 4 is 11.6 Å². The van der Waals surface area contributed by atoms with Crippen LogP contribution in [0.1, 0.15) is 18.4 Å². The molecule has 82 valence electrons. The molecule has 0 spiro atoms. The smallest absolute Gasteiger partial charge is 0.0438 e. The van der Waals surface area contributed by atoms with Gasteiger partial charge in [-0.2, -0.15) is 0 Å². The van der Waals surface area contributed by atoms with Crippen molar-refractivity contribution < 1.29 is 0 Å². The van der Waals surface area contributed by atoms with Gasteiger partial charge in [-0.15, -0.1) is 0 Å². The molecule has 2 heteroatoms. The summed E-state index contributed by atoms with van der Waals surface area (Å²) in [6.07, 6.45) is 3.92. The van der Waals surface area contributed by atoms with Crippen molar-refractivity contribution in [1.82, 2.24) is 5.32 Å². The standard InChI is InChI=1S/C13H18ClN/c1-15-9-12(10-6-7-10)8-11-4-2-3-5-13(11)14/h2-5,10,12,15H,6-9H2,1H3. The third-order valence-corrected chi connectivity index (χ3v) is 3.56. The van der Waals surface area contributed by atoms with Crippen molar-refractivity contribution in [3.05, 3.63) is 34.9 Å². The Labute approximate surface area is 96.8 Å². The Balaban J connectivity index is 2.02. The van der Waals surface area contributed by atoms with E-state index in [4.69, 9.17) is 11.6 Å². The summed E-state index contributed by atoms with van der Waals surface area (Å²) < 4.78 is 0. The van der Waals surface area contributed by atoms with Gasteiger partial charge in [0.15, 0.2) is 0 Å². The number of halogens is 1. The number of rotatable bonds is 5. The van der Waals surface area contributed by atoms with Crippen LogP contribution in [0.2, 0.25) is 5.02 Å². The maximum Gasteiger partial charge on any atom is 0.0438 e. The van der Waals surface area contributed by atoms with E-state index in [1.807, 2.05) is 19.2 Å². The van der Waals surface area contributed by atoms with Crippen molar-refractivity contribution in [1.29, 1.82) is 0 Å². The highest BCUT2D eigenvalue weighted by molar-refractivity contribution is 6.31. The molecule has 1 unspecified atom stereocenters. The Bertz CT molecular complexity index is 320. The molecule has 0 heterocycles. The lowest BCUT2D eigenvalue weighted by Crippen LogP contribution is -2.22. The zero-order chi connectivity index (χ0) is 10.7. The van der Waals surface area contributed by atoms with Crippen molar-refractivity contribution in [3.8, 4) is 0 Å². The van der Waals surface area contributed by atoms with Gasteiger partial charge in [-0.05, 0) is 56.3 Å². The maximum absolute atomic E-state index is 6.17. The van der Waals surface area contributed by atoms with Crippen molar-refractivity contribution in [2.45, 2.75) is 19.3 Å². The minimum Gasteiger partial charge on any atom is -0.319 e. The Morgan fingerprint density at radius 3 is 2.73 bits per heavy atom. The maximum atomic E-state index is 6.17. The molecule has 1 aliphatic carbocycles. The van der Waals surface area contributed by atoms with Gasteiger partial charge in [-0.1, -0.05) is 29.8 Å². The fourth-order valence-electron chi connectivity index (χ4n) is 2.18. The minimum absolute atomic E-state index is 0.759. The quantitative estimate of drug-likeness (QED) is 0.809. The van der Waals surface area contributed by atoms with E-state index in [1.54, 1.807) is 0 Å². The summed E-state index contributed by atoms with van der Waals surface area (Å²) in [5.74, 6) is 1.68. The molecular formula is C13H18ClN. The predicted molar refractivity (Wildman–Crippen MR) is 65.3 cm³/mol. The minimum atomic E-state index is 0.759. The summed E-state index contributed by atoms with van der Waals surface area (Å²) in [4.78, 5) is 0. The summed E-state index contributed by atoms with van der Waals surface area (Å²) in [6, 6.07) is 8.20. The van der Waals surface area contributed by atoms with Gasteiger partial charge >= 0.3 is 0 Å². The van der Waals surface area contributed by atoms with Crippen molar-refractivity contribution in [2.75, 3.05) is 13.6 Å². The van der Waals surface area contributed by atoms with E-state index in [0.29, 0.717) is 0 Å². The van der Waals surface area contributed by atoms with E-state index in [-0.39, 0.29) is 0 Å². The van der Waals surface area contributed by atoms with E-state index in [2.05, 4.69) is 17.4 Å². The first-order valence-corrected chi connectivity index (χ1v) is 6.07. The SMILES string of the molecule is CNCC(Cc1ccccc1Cl)C1CC1. The van der Waals surface area contributed by atoms with Gasteiger partial charge in [-0.25, -0.2) is 0 Å². The fourth-order valence-corrected chi connectivity index (χ4v) is 2.39. The third-order valence-electron chi connectivity index (χ3n) is 3.19. The van der Waals surface area contributed by atoms with Crippen LogP contribution < -0.4 is 5.32 Å². The number of hydrogen-bond donors (Lipinski definition) is 1. The molecule has 1 aromatic carbocycles. The Morgan fingerprint density at radius 2 is 2.13 bits per heavy atom. The molecule has 0 radical (unpaired) electrons. The molecule has 1 fully saturated rings. The Kier molecular flexibility index (Phi) is 3.66. The second-order valence-electron chi connectivity index (χ2n) is 4.45. The number of nitrogens with one attached hydrogen (secondary N) is 1. The second-order valence-corrected chi connectivity index (χ2v) is 4.86. The van der Waals surface area contributed by atoms with E-state index in [1.165, 1.54) is 18.4 Å². The highest BCUT2D eigenvalue weighted by Gasteiger charge is 2.30. The van der Waals surface area contributed by atoms with E-state index in [0.717, 1.165) is 29.8 Å². The largest absolute Gasteiger partial charge is 0.319 e. The number of benzene rings is 1. The highest BCUT2D eigenvalue weighted by atomic mass is 35.5. The molecule has 1 atom stereocenters. The summed E-state index contributed by atoms with van der Waals surface area (Å²) in [6.45, 7) is 1.11. The molecule has 1 nitrogen and oxygen atoms in total. The summed E-state index contributed by atoms with van der Waals surface area (Å²) in [7, 11) is 2.03. The molecule has 0 amide bonds. The van der Waals surface area contributed by atoms with Crippen LogP contribution in [0.3, 0.4) is 0 Å². The predicted octanol–water partition coefficient (Wildman–Crippen LogP) is 3.13. The average Bonchev–Trinajstić information content (AvgIpc) is 3.04. The Hall–Kier alpha value is -0.530. The molecule has 1 aliphatic rings. The van der Waals surface area contributed by atoms with E-state index >= 15 is 0 Å². The van der Waals surface area contributed by atoms with Gasteiger partial charge in [0, 0.05) is 5.02 Å². The third kappa shape index (κ3) is 2.96. The molecule has 0 saturated heterocycles. The average molecular weight is 224 g/mol. The molecule has 1 aromatic rings. The van der Waals surface area contributed by atoms with E-state index < -0.39 is 0 Å². The molecule has 0 aromatic heterocycles. The fraction of sp³-hybridized carbons (Fsp3) is 0.538. The van der Waals surface area contributed by atoms with Gasteiger partial charge < -0.3 is 5.32 Å². The van der Waals surface area contributed by atoms with Crippen LogP contribution in [0.4, 0.5) is 0 Å². The summed E-state index contributed by atoms with van der Waals surface area (Å²) >= 11 is 6.17. The van der Waals surface area contributed by atoms with Crippen LogP contribution in [0.15, 0.2) is 24.3 Å². The highest BCUT2D eigenvalue weighted by Crippen LogP contribution is 2.38. The first-order chi connectivity index (χ1) is 7.31. The normalized spacial score (nSPS) is 17.7. The van der Waals surface area contributed by atoms with Gasteiger partial charge in [0.2, 0.25) is 0 Å². The van der Waals surface area contributed by atoms with Crippen LogP contribution >= 0.6 is 11.6 Å². The summed E-state index contributed by atoms with van der Waals surface area (Å²) in [5, 5.41) is 4.20. The van der Waals surface area contributed by atoms with Gasteiger partial charge in [0.25, 0.3) is 0 Å². The molecule has 0 bridgehead atoms. The summed E-state index contributed by atoms with van der Waals surface area (Å²) in [5.41, 5.74) is 1.30. The monoisotopic (exact) mass is 223 g/mol. The zero-order valence-corrected chi connectivity index (χ0v) is 9.93. The van der Waals surface area contributed by atoms with Crippen molar-refractivity contribution in [3.63, 3.8) is 0 Å². The number of hydrogen-bond acceptors (Lipinski definition) is 1. The van der Waals surface area contributed by atoms with Crippen LogP contribution in [0.25, 0.3) is 0 Å².